The maximum absolute atomic E-state index is 12.0. The average molecular weight is 559 g/mol. The molecule has 1 heterocycles. The van der Waals surface area contributed by atoms with Gasteiger partial charge < -0.3 is 20.5 Å². The Morgan fingerprint density at radius 1 is 1.05 bits per heavy atom. The lowest BCUT2D eigenvalue weighted by atomic mass is 9.81. The van der Waals surface area contributed by atoms with Crippen molar-refractivity contribution < 1.29 is 19.4 Å². The molecule has 7 heteroatoms. The number of carbonyl (C=O) groups excluding carboxylic acids is 1. The molecule has 4 rings (SSSR count). The van der Waals surface area contributed by atoms with Gasteiger partial charge in [0.1, 0.15) is 6.29 Å². The van der Waals surface area contributed by atoms with Gasteiger partial charge in [-0.3, -0.25) is 4.79 Å². The zero-order chi connectivity index (χ0) is 28.7. The SMILES string of the molecule is CC1=C(C(=O)O)C(c2cccc(Cl)c2)C(C=O)=C(COCCc2ccccc2)N1.CNC/C=C/c1ccccc1. The Labute approximate surface area is 241 Å². The number of nitrogens with one attached hydrogen (secondary N) is 2. The summed E-state index contributed by atoms with van der Waals surface area (Å²) in [6.45, 7) is 3.28. The summed E-state index contributed by atoms with van der Waals surface area (Å²) in [6, 6.07) is 27.2. The standard InChI is InChI=1S/C23H22ClNO4.C10H13N/c1-15-21(23(27)28)22(17-8-5-9-18(24)12-17)19(13-26)20(25-15)14-29-11-10-16-6-3-2-4-7-16;1-11-9-5-8-10-6-3-2-4-7-10/h2-9,12-13,22,25H,10-11,14H2,1H3,(H,27,28);2-8,11H,9H2,1H3/b;8-5+. The molecule has 0 bridgehead atoms. The number of aldehydes is 1. The van der Waals surface area contributed by atoms with Gasteiger partial charge in [0, 0.05) is 34.5 Å². The topological polar surface area (TPSA) is 87.7 Å². The van der Waals surface area contributed by atoms with Crippen LogP contribution in [-0.4, -0.2) is 44.2 Å². The van der Waals surface area contributed by atoms with Gasteiger partial charge in [-0.25, -0.2) is 4.79 Å². The minimum atomic E-state index is -1.08. The van der Waals surface area contributed by atoms with E-state index in [-0.39, 0.29) is 12.2 Å². The molecular weight excluding hydrogens is 524 g/mol. The largest absolute Gasteiger partial charge is 0.478 e. The highest BCUT2D eigenvalue weighted by Gasteiger charge is 2.34. The molecule has 0 saturated heterocycles. The van der Waals surface area contributed by atoms with Gasteiger partial charge in [0.2, 0.25) is 0 Å². The molecular formula is C33H35ClN2O4. The molecule has 6 nitrogen and oxygen atoms in total. The quantitative estimate of drug-likeness (QED) is 0.197. The molecule has 0 aromatic heterocycles. The fraction of sp³-hybridized carbons (Fsp3) is 0.212. The lowest BCUT2D eigenvalue weighted by Gasteiger charge is -2.29. The number of dihydropyridines is 1. The summed E-state index contributed by atoms with van der Waals surface area (Å²) in [5.41, 5.74) is 4.59. The molecule has 0 amide bonds. The highest BCUT2D eigenvalue weighted by atomic mass is 35.5. The van der Waals surface area contributed by atoms with E-state index in [9.17, 15) is 14.7 Å². The van der Waals surface area contributed by atoms with Gasteiger partial charge in [-0.05, 0) is 49.2 Å². The first-order valence-corrected chi connectivity index (χ1v) is 13.4. The van der Waals surface area contributed by atoms with Crippen LogP contribution in [0.4, 0.5) is 0 Å². The van der Waals surface area contributed by atoms with Gasteiger partial charge in [0.15, 0.2) is 0 Å². The number of hydrogen-bond donors (Lipinski definition) is 3. The normalized spacial score (nSPS) is 14.9. The van der Waals surface area contributed by atoms with E-state index in [0.717, 1.165) is 18.5 Å². The molecule has 0 radical (unpaired) electrons. The fourth-order valence-corrected chi connectivity index (χ4v) is 4.57. The number of halogens is 1. The molecule has 1 atom stereocenters. The Balaban J connectivity index is 0.000000336. The van der Waals surface area contributed by atoms with Crippen LogP contribution in [-0.2, 0) is 20.7 Å². The van der Waals surface area contributed by atoms with Crippen LogP contribution in [0.15, 0.2) is 114 Å². The number of aliphatic carboxylic acids is 1. The number of carboxylic acid groups (broad SMARTS) is 1. The number of hydrogen-bond acceptors (Lipinski definition) is 5. The van der Waals surface area contributed by atoms with Gasteiger partial charge in [0.25, 0.3) is 0 Å². The number of ether oxygens (including phenoxy) is 1. The zero-order valence-electron chi connectivity index (χ0n) is 22.8. The summed E-state index contributed by atoms with van der Waals surface area (Å²) < 4.78 is 5.79. The Morgan fingerprint density at radius 3 is 2.38 bits per heavy atom. The Kier molecular flexibility index (Phi) is 12.4. The van der Waals surface area contributed by atoms with Crippen LogP contribution < -0.4 is 10.6 Å². The van der Waals surface area contributed by atoms with Crippen molar-refractivity contribution >= 4 is 29.9 Å². The van der Waals surface area contributed by atoms with Crippen molar-refractivity contribution in [2.24, 2.45) is 0 Å². The second-order valence-electron chi connectivity index (χ2n) is 9.17. The van der Waals surface area contributed by atoms with E-state index in [1.54, 1.807) is 31.2 Å². The number of carboxylic acids is 1. The maximum Gasteiger partial charge on any atom is 0.334 e. The van der Waals surface area contributed by atoms with Gasteiger partial charge >= 0.3 is 5.97 Å². The van der Waals surface area contributed by atoms with Crippen molar-refractivity contribution in [2.75, 3.05) is 26.8 Å². The predicted molar refractivity (Wildman–Crippen MR) is 161 cm³/mol. The monoisotopic (exact) mass is 558 g/mol. The number of carbonyl (C=O) groups is 2. The number of allylic oxidation sites excluding steroid dienone is 2. The van der Waals surface area contributed by atoms with Gasteiger partial charge in [0.05, 0.1) is 18.8 Å². The van der Waals surface area contributed by atoms with Gasteiger partial charge in [-0.2, -0.15) is 0 Å². The molecule has 40 heavy (non-hydrogen) atoms. The number of likely N-dealkylation sites (N-methyl/N-ethyl adjacent to an activating group) is 1. The Hall–Kier alpha value is -3.97. The summed E-state index contributed by atoms with van der Waals surface area (Å²) in [6.07, 6.45) is 5.66. The fourth-order valence-electron chi connectivity index (χ4n) is 4.37. The molecule has 0 aliphatic carbocycles. The number of rotatable bonds is 11. The predicted octanol–water partition coefficient (Wildman–Crippen LogP) is 6.02. The van der Waals surface area contributed by atoms with Crippen molar-refractivity contribution in [3.8, 4) is 0 Å². The summed E-state index contributed by atoms with van der Waals surface area (Å²) >= 11 is 6.11. The van der Waals surface area contributed by atoms with Crippen LogP contribution in [0.25, 0.3) is 6.08 Å². The van der Waals surface area contributed by atoms with Crippen LogP contribution in [0.5, 0.6) is 0 Å². The second kappa shape index (κ2) is 16.2. The number of benzene rings is 3. The third-order valence-corrected chi connectivity index (χ3v) is 6.52. The summed E-state index contributed by atoms with van der Waals surface area (Å²) in [5.74, 6) is -1.79. The van der Waals surface area contributed by atoms with E-state index >= 15 is 0 Å². The minimum Gasteiger partial charge on any atom is -0.478 e. The first-order valence-electron chi connectivity index (χ1n) is 13.1. The summed E-state index contributed by atoms with van der Waals surface area (Å²) in [4.78, 5) is 23.9. The molecule has 3 N–H and O–H groups in total. The van der Waals surface area contributed by atoms with E-state index in [4.69, 9.17) is 16.3 Å². The molecule has 1 aliphatic heterocycles. The molecule has 208 valence electrons. The van der Waals surface area contributed by atoms with E-state index in [1.807, 2.05) is 55.6 Å². The highest BCUT2D eigenvalue weighted by Crippen LogP contribution is 2.38. The third-order valence-electron chi connectivity index (χ3n) is 6.29. The van der Waals surface area contributed by atoms with E-state index in [2.05, 4.69) is 34.9 Å². The summed E-state index contributed by atoms with van der Waals surface area (Å²) in [5, 5.41) is 16.3. The second-order valence-corrected chi connectivity index (χ2v) is 9.60. The van der Waals surface area contributed by atoms with Gasteiger partial charge in [-0.1, -0.05) is 96.5 Å². The zero-order valence-corrected chi connectivity index (χ0v) is 23.5. The van der Waals surface area contributed by atoms with Crippen LogP contribution in [0.3, 0.4) is 0 Å². The van der Waals surface area contributed by atoms with E-state index in [0.29, 0.717) is 40.4 Å². The smallest absolute Gasteiger partial charge is 0.334 e. The molecule has 3 aromatic carbocycles. The van der Waals surface area contributed by atoms with Crippen molar-refractivity contribution in [1.29, 1.82) is 0 Å². The molecule has 0 saturated carbocycles. The van der Waals surface area contributed by atoms with Gasteiger partial charge in [-0.15, -0.1) is 0 Å². The van der Waals surface area contributed by atoms with Crippen molar-refractivity contribution in [1.82, 2.24) is 10.6 Å². The summed E-state index contributed by atoms with van der Waals surface area (Å²) in [7, 11) is 1.94. The minimum absolute atomic E-state index is 0.127. The highest BCUT2D eigenvalue weighted by molar-refractivity contribution is 6.30. The van der Waals surface area contributed by atoms with E-state index in [1.165, 1.54) is 5.56 Å². The third kappa shape index (κ3) is 9.06. The molecule has 1 unspecified atom stereocenters. The first-order chi connectivity index (χ1) is 19.4. The van der Waals surface area contributed by atoms with Crippen LogP contribution in [0.1, 0.15) is 29.5 Å². The molecule has 0 fully saturated rings. The lowest BCUT2D eigenvalue weighted by molar-refractivity contribution is -0.133. The first kappa shape index (κ1) is 30.6. The molecule has 3 aromatic rings. The maximum atomic E-state index is 12.0. The van der Waals surface area contributed by atoms with E-state index < -0.39 is 11.9 Å². The van der Waals surface area contributed by atoms with Crippen LogP contribution in [0.2, 0.25) is 5.02 Å². The molecule has 1 aliphatic rings. The lowest BCUT2D eigenvalue weighted by Crippen LogP contribution is -2.31. The van der Waals surface area contributed by atoms with Crippen molar-refractivity contribution in [2.45, 2.75) is 19.3 Å². The van der Waals surface area contributed by atoms with Crippen molar-refractivity contribution in [3.63, 3.8) is 0 Å². The average Bonchev–Trinajstić information content (AvgIpc) is 2.96. The van der Waals surface area contributed by atoms with Crippen molar-refractivity contribution in [3.05, 3.63) is 135 Å². The Bertz CT molecular complexity index is 1350. The Morgan fingerprint density at radius 2 is 1.75 bits per heavy atom. The van der Waals surface area contributed by atoms with Crippen LogP contribution >= 0.6 is 11.6 Å². The van der Waals surface area contributed by atoms with Crippen LogP contribution in [0, 0.1) is 0 Å². The molecule has 0 spiro atoms.